The van der Waals surface area contributed by atoms with Gasteiger partial charge in [-0.3, -0.25) is 9.78 Å². The molecule has 0 bridgehead atoms. The van der Waals surface area contributed by atoms with Crippen LogP contribution in [0.25, 0.3) is 0 Å². The number of carbonyl (C=O) groups excluding carboxylic acids is 1. The predicted octanol–water partition coefficient (Wildman–Crippen LogP) is 3.36. The van der Waals surface area contributed by atoms with Gasteiger partial charge in [0.15, 0.2) is 0 Å². The third-order valence-electron chi connectivity index (χ3n) is 3.26. The van der Waals surface area contributed by atoms with E-state index in [-0.39, 0.29) is 11.5 Å². The van der Waals surface area contributed by atoms with Gasteiger partial charge in [-0.25, -0.2) is 0 Å². The molecule has 1 heterocycles. The number of hydrogen-bond donors (Lipinski definition) is 0. The normalized spacial score (nSPS) is 15.2. The third-order valence-corrected chi connectivity index (χ3v) is 3.26. The van der Waals surface area contributed by atoms with Gasteiger partial charge in [0, 0.05) is 19.3 Å². The molecule has 1 saturated carbocycles. The third kappa shape index (κ3) is 3.71. The molecular weight excluding hydrogens is 269 g/mol. The van der Waals surface area contributed by atoms with Gasteiger partial charge in [0.1, 0.15) is 5.69 Å². The summed E-state index contributed by atoms with van der Waals surface area (Å²) in [5, 5.41) is 0. The van der Waals surface area contributed by atoms with Crippen LogP contribution >= 0.6 is 0 Å². The maximum absolute atomic E-state index is 12.4. The zero-order valence-electron chi connectivity index (χ0n) is 11.3. The Kier molecular flexibility index (Phi) is 4.30. The second kappa shape index (κ2) is 5.81. The summed E-state index contributed by atoms with van der Waals surface area (Å²) >= 11 is 0. The van der Waals surface area contributed by atoms with Gasteiger partial charge in [-0.1, -0.05) is 6.92 Å². The molecule has 20 heavy (non-hydrogen) atoms. The van der Waals surface area contributed by atoms with Gasteiger partial charge in [0.05, 0.1) is 5.56 Å². The molecule has 0 aromatic carbocycles. The molecular formula is C14H17F3N2O. The van der Waals surface area contributed by atoms with E-state index in [1.807, 2.05) is 6.92 Å². The van der Waals surface area contributed by atoms with Crippen LogP contribution in [0.15, 0.2) is 18.3 Å². The van der Waals surface area contributed by atoms with Gasteiger partial charge >= 0.3 is 6.18 Å². The number of carbonyl (C=O) groups is 1. The van der Waals surface area contributed by atoms with Crippen molar-refractivity contribution < 1.29 is 18.0 Å². The van der Waals surface area contributed by atoms with Crippen LogP contribution in [0.3, 0.4) is 0 Å². The topological polar surface area (TPSA) is 33.2 Å². The first-order valence-electron chi connectivity index (χ1n) is 6.74. The molecule has 0 aliphatic heterocycles. The van der Waals surface area contributed by atoms with Gasteiger partial charge in [-0.15, -0.1) is 0 Å². The quantitative estimate of drug-likeness (QED) is 0.831. The number of halogens is 3. The summed E-state index contributed by atoms with van der Waals surface area (Å²) in [7, 11) is 0. The second-order valence-electron chi connectivity index (χ2n) is 5.12. The van der Waals surface area contributed by atoms with E-state index >= 15 is 0 Å². The standard InChI is InChI=1S/C14H17F3N2O/c1-2-7-19(9-10-3-4-10)13(20)11-5-6-12(18-8-11)14(15,16)17/h5-6,8,10H,2-4,7,9H2,1H3. The molecule has 0 N–H and O–H groups in total. The van der Waals surface area contributed by atoms with Crippen molar-refractivity contribution in [2.75, 3.05) is 13.1 Å². The van der Waals surface area contributed by atoms with E-state index in [1.165, 1.54) is 6.07 Å². The molecule has 110 valence electrons. The van der Waals surface area contributed by atoms with E-state index in [2.05, 4.69) is 4.98 Å². The van der Waals surface area contributed by atoms with Crippen LogP contribution in [0.2, 0.25) is 0 Å². The van der Waals surface area contributed by atoms with Gasteiger partial charge < -0.3 is 4.90 Å². The molecule has 0 radical (unpaired) electrons. The molecule has 1 aliphatic carbocycles. The summed E-state index contributed by atoms with van der Waals surface area (Å²) in [6.07, 6.45) is -0.385. The maximum atomic E-state index is 12.4. The fourth-order valence-electron chi connectivity index (χ4n) is 2.03. The van der Waals surface area contributed by atoms with Crippen LogP contribution in [-0.4, -0.2) is 28.9 Å². The molecule has 0 spiro atoms. The SMILES string of the molecule is CCCN(CC1CC1)C(=O)c1ccc(C(F)(F)F)nc1. The Bertz CT molecular complexity index is 466. The zero-order valence-corrected chi connectivity index (χ0v) is 11.3. The second-order valence-corrected chi connectivity index (χ2v) is 5.12. The van der Waals surface area contributed by atoms with E-state index in [0.29, 0.717) is 19.0 Å². The monoisotopic (exact) mass is 286 g/mol. The van der Waals surface area contributed by atoms with Crippen LogP contribution in [0.4, 0.5) is 13.2 Å². The molecule has 1 fully saturated rings. The highest BCUT2D eigenvalue weighted by atomic mass is 19.4. The van der Waals surface area contributed by atoms with Crippen molar-refractivity contribution in [1.29, 1.82) is 0 Å². The van der Waals surface area contributed by atoms with Crippen molar-refractivity contribution in [1.82, 2.24) is 9.88 Å². The van der Waals surface area contributed by atoms with Crippen LogP contribution < -0.4 is 0 Å². The largest absolute Gasteiger partial charge is 0.433 e. The minimum atomic E-state index is -4.47. The predicted molar refractivity (Wildman–Crippen MR) is 68.2 cm³/mol. The summed E-state index contributed by atoms with van der Waals surface area (Å²) in [5.74, 6) is 0.313. The number of aromatic nitrogens is 1. The zero-order chi connectivity index (χ0) is 14.8. The lowest BCUT2D eigenvalue weighted by atomic mass is 10.2. The van der Waals surface area contributed by atoms with Crippen molar-refractivity contribution in [3.05, 3.63) is 29.6 Å². The minimum Gasteiger partial charge on any atom is -0.338 e. The average molecular weight is 286 g/mol. The van der Waals surface area contributed by atoms with Crippen molar-refractivity contribution in [3.8, 4) is 0 Å². The average Bonchev–Trinajstić information content (AvgIpc) is 3.20. The first-order chi connectivity index (χ1) is 9.41. The molecule has 2 rings (SSSR count). The highest BCUT2D eigenvalue weighted by Crippen LogP contribution is 2.30. The lowest BCUT2D eigenvalue weighted by Gasteiger charge is -2.22. The number of amides is 1. The van der Waals surface area contributed by atoms with E-state index < -0.39 is 11.9 Å². The fourth-order valence-corrected chi connectivity index (χ4v) is 2.03. The van der Waals surface area contributed by atoms with E-state index in [4.69, 9.17) is 0 Å². The van der Waals surface area contributed by atoms with Gasteiger partial charge in [-0.2, -0.15) is 13.2 Å². The molecule has 0 unspecified atom stereocenters. The summed E-state index contributed by atoms with van der Waals surface area (Å²) in [6.45, 7) is 3.28. The first-order valence-corrected chi connectivity index (χ1v) is 6.74. The first kappa shape index (κ1) is 14.8. The molecule has 1 aromatic heterocycles. The summed E-state index contributed by atoms with van der Waals surface area (Å²) in [6, 6.07) is 2.06. The molecule has 3 nitrogen and oxygen atoms in total. The highest BCUT2D eigenvalue weighted by Gasteiger charge is 2.32. The molecule has 0 atom stereocenters. The Hall–Kier alpha value is -1.59. The molecule has 1 amide bonds. The van der Waals surface area contributed by atoms with Crippen molar-refractivity contribution in [2.45, 2.75) is 32.4 Å². The number of rotatable bonds is 5. The van der Waals surface area contributed by atoms with Gasteiger partial charge in [-0.05, 0) is 37.3 Å². The molecule has 0 saturated heterocycles. The summed E-state index contributed by atoms with van der Waals surface area (Å²) < 4.78 is 37.3. The van der Waals surface area contributed by atoms with Gasteiger partial charge in [0.25, 0.3) is 5.91 Å². The van der Waals surface area contributed by atoms with Crippen molar-refractivity contribution in [2.24, 2.45) is 5.92 Å². The fraction of sp³-hybridized carbons (Fsp3) is 0.571. The van der Waals surface area contributed by atoms with Crippen LogP contribution in [0.1, 0.15) is 42.2 Å². The molecule has 1 aliphatic rings. The Morgan fingerprint density at radius 1 is 1.40 bits per heavy atom. The molecule has 6 heteroatoms. The molecule has 1 aromatic rings. The number of pyridine rings is 1. The van der Waals surface area contributed by atoms with Crippen LogP contribution in [-0.2, 0) is 6.18 Å². The van der Waals surface area contributed by atoms with Crippen molar-refractivity contribution in [3.63, 3.8) is 0 Å². The number of alkyl halides is 3. The lowest BCUT2D eigenvalue weighted by molar-refractivity contribution is -0.141. The van der Waals surface area contributed by atoms with Gasteiger partial charge in [0.2, 0.25) is 0 Å². The maximum Gasteiger partial charge on any atom is 0.433 e. The Morgan fingerprint density at radius 3 is 2.55 bits per heavy atom. The van der Waals surface area contributed by atoms with E-state index in [1.54, 1.807) is 4.90 Å². The van der Waals surface area contributed by atoms with E-state index in [0.717, 1.165) is 31.5 Å². The smallest absolute Gasteiger partial charge is 0.338 e. The Morgan fingerprint density at radius 2 is 2.10 bits per heavy atom. The van der Waals surface area contributed by atoms with E-state index in [9.17, 15) is 18.0 Å². The lowest BCUT2D eigenvalue weighted by Crippen LogP contribution is -2.33. The summed E-state index contributed by atoms with van der Waals surface area (Å²) in [4.78, 5) is 17.3. The highest BCUT2D eigenvalue weighted by molar-refractivity contribution is 5.93. The Labute approximate surface area is 115 Å². The number of nitrogens with zero attached hydrogens (tertiary/aromatic N) is 2. The summed E-state index contributed by atoms with van der Waals surface area (Å²) in [5.41, 5.74) is -0.759. The van der Waals surface area contributed by atoms with Crippen LogP contribution in [0.5, 0.6) is 0 Å². The Balaban J connectivity index is 2.09. The number of hydrogen-bond acceptors (Lipinski definition) is 2. The van der Waals surface area contributed by atoms with Crippen LogP contribution in [0, 0.1) is 5.92 Å². The minimum absolute atomic E-state index is 0.215. The van der Waals surface area contributed by atoms with Crippen molar-refractivity contribution >= 4 is 5.91 Å².